The molecule has 0 spiro atoms. The normalized spacial score (nSPS) is 15.7. The molecule has 2 aromatic carbocycles. The number of likely N-dealkylation sites (tertiary alicyclic amines) is 1. The average molecular weight is 411 g/mol. The predicted octanol–water partition coefficient (Wildman–Crippen LogP) is 5.14. The van der Waals surface area contributed by atoms with E-state index in [0.29, 0.717) is 12.5 Å². The van der Waals surface area contributed by atoms with Crippen LogP contribution in [0.2, 0.25) is 5.02 Å². The van der Waals surface area contributed by atoms with Gasteiger partial charge in [-0.3, -0.25) is 4.79 Å². The minimum absolute atomic E-state index is 0.0662. The molecule has 0 radical (unpaired) electrons. The first-order valence-corrected chi connectivity index (χ1v) is 10.7. The molecular weight excluding hydrogens is 384 g/mol. The Balaban J connectivity index is 1.23. The summed E-state index contributed by atoms with van der Waals surface area (Å²) in [7, 11) is 0. The smallest absolute Gasteiger partial charge is 0.248 e. The van der Waals surface area contributed by atoms with Crippen LogP contribution < -0.4 is 10.3 Å². The van der Waals surface area contributed by atoms with Crippen LogP contribution in [0.15, 0.2) is 53.3 Å². The molecule has 1 aromatic heterocycles. The third kappa shape index (κ3) is 5.01. The number of benzene rings is 2. The molecule has 1 aliphatic rings. The first-order valence-electron chi connectivity index (χ1n) is 10.3. The summed E-state index contributed by atoms with van der Waals surface area (Å²) in [6, 6.07) is 15.8. The standard InChI is InChI=1S/C24H27ClN2O2/c1-17-15-24(28)26-23-8-7-21(16-22(17)23)29-14-2-11-27-12-9-19(10-13-27)18-3-5-20(25)6-4-18/h3-8,15-16,19H,2,9-14H2,1H3,(H,26,28). The zero-order valence-corrected chi connectivity index (χ0v) is 17.5. The average Bonchev–Trinajstić information content (AvgIpc) is 2.72. The zero-order valence-electron chi connectivity index (χ0n) is 16.8. The van der Waals surface area contributed by atoms with Gasteiger partial charge in [-0.2, -0.15) is 0 Å². The maximum atomic E-state index is 11.6. The molecule has 0 bridgehead atoms. The van der Waals surface area contributed by atoms with E-state index in [0.717, 1.165) is 53.3 Å². The molecule has 2 heterocycles. The van der Waals surface area contributed by atoms with Crippen molar-refractivity contribution in [2.45, 2.75) is 32.1 Å². The Labute approximate surface area is 176 Å². The number of aromatic amines is 1. The molecule has 5 heteroatoms. The maximum absolute atomic E-state index is 11.6. The lowest BCUT2D eigenvalue weighted by Crippen LogP contribution is -2.34. The summed E-state index contributed by atoms with van der Waals surface area (Å²) in [5.74, 6) is 1.50. The monoisotopic (exact) mass is 410 g/mol. The Morgan fingerprint density at radius 1 is 1.10 bits per heavy atom. The van der Waals surface area contributed by atoms with Gasteiger partial charge in [0.2, 0.25) is 5.56 Å². The quantitative estimate of drug-likeness (QED) is 0.572. The van der Waals surface area contributed by atoms with Gasteiger partial charge in [-0.05, 0) is 86.7 Å². The largest absolute Gasteiger partial charge is 0.494 e. The lowest BCUT2D eigenvalue weighted by atomic mass is 9.89. The summed E-state index contributed by atoms with van der Waals surface area (Å²) in [6.07, 6.45) is 3.41. The van der Waals surface area contributed by atoms with Gasteiger partial charge >= 0.3 is 0 Å². The summed E-state index contributed by atoms with van der Waals surface area (Å²) >= 11 is 6.00. The molecule has 0 atom stereocenters. The predicted molar refractivity (Wildman–Crippen MR) is 119 cm³/mol. The number of piperidine rings is 1. The van der Waals surface area contributed by atoms with Crippen molar-refractivity contribution in [3.8, 4) is 5.75 Å². The van der Waals surface area contributed by atoms with Crippen molar-refractivity contribution >= 4 is 22.5 Å². The second-order valence-corrected chi connectivity index (χ2v) is 8.33. The highest BCUT2D eigenvalue weighted by molar-refractivity contribution is 6.30. The number of fused-ring (bicyclic) bond motifs is 1. The molecular formula is C24H27ClN2O2. The van der Waals surface area contributed by atoms with Crippen molar-refractivity contribution in [2.75, 3.05) is 26.2 Å². The lowest BCUT2D eigenvalue weighted by molar-refractivity contribution is 0.193. The molecule has 0 aliphatic carbocycles. The van der Waals surface area contributed by atoms with E-state index in [4.69, 9.17) is 16.3 Å². The zero-order chi connectivity index (χ0) is 20.2. The molecule has 152 valence electrons. The number of halogens is 1. The molecule has 1 fully saturated rings. The van der Waals surface area contributed by atoms with Crippen LogP contribution in [0.5, 0.6) is 5.75 Å². The summed E-state index contributed by atoms with van der Waals surface area (Å²) < 4.78 is 5.96. The number of aryl methyl sites for hydroxylation is 1. The highest BCUT2D eigenvalue weighted by Gasteiger charge is 2.20. The Kier molecular flexibility index (Phi) is 6.22. The number of aromatic nitrogens is 1. The van der Waals surface area contributed by atoms with Gasteiger partial charge in [-0.15, -0.1) is 0 Å². The Morgan fingerprint density at radius 3 is 2.62 bits per heavy atom. The van der Waals surface area contributed by atoms with Crippen molar-refractivity contribution in [1.29, 1.82) is 0 Å². The second kappa shape index (κ2) is 9.02. The summed E-state index contributed by atoms with van der Waals surface area (Å²) in [5, 5.41) is 1.84. The van der Waals surface area contributed by atoms with Gasteiger partial charge in [0.05, 0.1) is 6.61 Å². The molecule has 4 nitrogen and oxygen atoms in total. The van der Waals surface area contributed by atoms with E-state index in [2.05, 4.69) is 22.0 Å². The van der Waals surface area contributed by atoms with E-state index in [1.54, 1.807) is 6.07 Å². The summed E-state index contributed by atoms with van der Waals surface area (Å²) in [4.78, 5) is 17.0. The van der Waals surface area contributed by atoms with Crippen molar-refractivity contribution < 1.29 is 4.74 Å². The van der Waals surface area contributed by atoms with Crippen LogP contribution in [0.3, 0.4) is 0 Å². The van der Waals surface area contributed by atoms with Gasteiger partial charge in [0.1, 0.15) is 5.75 Å². The Bertz CT molecular complexity index is 1020. The number of pyridine rings is 1. The van der Waals surface area contributed by atoms with E-state index in [-0.39, 0.29) is 5.56 Å². The second-order valence-electron chi connectivity index (χ2n) is 7.89. The molecule has 29 heavy (non-hydrogen) atoms. The van der Waals surface area contributed by atoms with E-state index < -0.39 is 0 Å². The Hall–Kier alpha value is -2.30. The van der Waals surface area contributed by atoms with Gasteiger partial charge in [-0.1, -0.05) is 23.7 Å². The van der Waals surface area contributed by atoms with Crippen LogP contribution in [0.4, 0.5) is 0 Å². The number of rotatable bonds is 6. The van der Waals surface area contributed by atoms with Gasteiger partial charge in [0, 0.05) is 28.5 Å². The third-order valence-corrected chi connectivity index (χ3v) is 6.09. The molecule has 3 aromatic rings. The molecule has 4 rings (SSSR count). The maximum Gasteiger partial charge on any atom is 0.248 e. The third-order valence-electron chi connectivity index (χ3n) is 5.84. The number of H-pyrrole nitrogens is 1. The molecule has 0 saturated carbocycles. The summed E-state index contributed by atoms with van der Waals surface area (Å²) in [6.45, 7) is 5.99. The van der Waals surface area contributed by atoms with E-state index >= 15 is 0 Å². The molecule has 1 saturated heterocycles. The minimum Gasteiger partial charge on any atom is -0.494 e. The number of hydrogen-bond donors (Lipinski definition) is 1. The topological polar surface area (TPSA) is 45.3 Å². The fourth-order valence-electron chi connectivity index (χ4n) is 4.19. The van der Waals surface area contributed by atoms with E-state index in [9.17, 15) is 4.79 Å². The minimum atomic E-state index is -0.0662. The molecule has 0 unspecified atom stereocenters. The van der Waals surface area contributed by atoms with Crippen LogP contribution in [0.1, 0.15) is 36.3 Å². The van der Waals surface area contributed by atoms with Crippen LogP contribution in [0, 0.1) is 6.92 Å². The number of nitrogens with one attached hydrogen (secondary N) is 1. The molecule has 1 N–H and O–H groups in total. The van der Waals surface area contributed by atoms with Crippen LogP contribution in [-0.2, 0) is 0 Å². The highest BCUT2D eigenvalue weighted by Crippen LogP contribution is 2.29. The number of ether oxygens (including phenoxy) is 1. The molecule has 0 amide bonds. The summed E-state index contributed by atoms with van der Waals surface area (Å²) in [5.41, 5.74) is 3.16. The highest BCUT2D eigenvalue weighted by atomic mass is 35.5. The van der Waals surface area contributed by atoms with Crippen molar-refractivity contribution in [1.82, 2.24) is 9.88 Å². The van der Waals surface area contributed by atoms with Crippen LogP contribution in [-0.4, -0.2) is 36.1 Å². The van der Waals surface area contributed by atoms with Crippen LogP contribution >= 0.6 is 11.6 Å². The first kappa shape index (κ1) is 20.0. The van der Waals surface area contributed by atoms with E-state index in [1.165, 1.54) is 18.4 Å². The Morgan fingerprint density at radius 2 is 1.86 bits per heavy atom. The van der Waals surface area contributed by atoms with Gasteiger partial charge in [-0.25, -0.2) is 0 Å². The number of nitrogens with zero attached hydrogens (tertiary/aromatic N) is 1. The van der Waals surface area contributed by atoms with Crippen molar-refractivity contribution in [3.63, 3.8) is 0 Å². The van der Waals surface area contributed by atoms with Gasteiger partial charge < -0.3 is 14.6 Å². The van der Waals surface area contributed by atoms with E-state index in [1.807, 2.05) is 37.3 Å². The van der Waals surface area contributed by atoms with Crippen molar-refractivity contribution in [2.24, 2.45) is 0 Å². The fraction of sp³-hybridized carbons (Fsp3) is 0.375. The van der Waals surface area contributed by atoms with Crippen molar-refractivity contribution in [3.05, 3.63) is 75.0 Å². The first-order chi connectivity index (χ1) is 14.1. The van der Waals surface area contributed by atoms with Crippen LogP contribution in [0.25, 0.3) is 10.9 Å². The molecule has 1 aliphatic heterocycles. The lowest BCUT2D eigenvalue weighted by Gasteiger charge is -2.32. The number of hydrogen-bond acceptors (Lipinski definition) is 3. The van der Waals surface area contributed by atoms with Gasteiger partial charge in [0.25, 0.3) is 0 Å². The van der Waals surface area contributed by atoms with Gasteiger partial charge in [0.15, 0.2) is 0 Å². The fourth-order valence-corrected chi connectivity index (χ4v) is 4.32. The SMILES string of the molecule is Cc1cc(=O)[nH]c2ccc(OCCCN3CCC(c4ccc(Cl)cc4)CC3)cc12.